The Kier molecular flexibility index (Phi) is 7.36. The van der Waals surface area contributed by atoms with Crippen LogP contribution in [0.5, 0.6) is 5.75 Å². The molecule has 0 aromatic heterocycles. The highest BCUT2D eigenvalue weighted by atomic mass is 19.4. The van der Waals surface area contributed by atoms with Crippen molar-refractivity contribution in [1.29, 1.82) is 0 Å². The molecule has 0 fully saturated rings. The Bertz CT molecular complexity index is 1630. The zero-order valence-corrected chi connectivity index (χ0v) is 22.5. The number of hydrogen-bond acceptors (Lipinski definition) is 4. The minimum Gasteiger partial charge on any atom is -0.497 e. The van der Waals surface area contributed by atoms with Gasteiger partial charge in [-0.25, -0.2) is 4.99 Å². The second kappa shape index (κ2) is 10.9. The van der Waals surface area contributed by atoms with Gasteiger partial charge < -0.3 is 10.1 Å². The molecule has 4 aromatic carbocycles. The number of aliphatic imine (C=N–C) groups is 1. The number of halogens is 3. The van der Waals surface area contributed by atoms with Crippen molar-refractivity contribution in [3.63, 3.8) is 0 Å². The van der Waals surface area contributed by atoms with E-state index < -0.39 is 29.6 Å². The number of hydrogen-bond donors (Lipinski definition) is 1. The van der Waals surface area contributed by atoms with E-state index in [0.29, 0.717) is 34.1 Å². The van der Waals surface area contributed by atoms with Crippen LogP contribution in [-0.4, -0.2) is 30.7 Å². The predicted molar refractivity (Wildman–Crippen MR) is 152 cm³/mol. The molecular weight excluding hydrogens is 531 g/mol. The number of amides is 2. The second-order valence-electron chi connectivity index (χ2n) is 9.62. The van der Waals surface area contributed by atoms with Crippen molar-refractivity contribution < 1.29 is 27.5 Å². The average molecular weight is 558 g/mol. The minimum absolute atomic E-state index is 0.00587. The predicted octanol–water partition coefficient (Wildman–Crippen LogP) is 7.12. The van der Waals surface area contributed by atoms with E-state index in [-0.39, 0.29) is 5.56 Å². The summed E-state index contributed by atoms with van der Waals surface area (Å²) in [5.74, 6) is -0.569. The molecule has 6 nitrogen and oxygen atoms in total. The molecule has 0 spiro atoms. The smallest absolute Gasteiger partial charge is 0.416 e. The van der Waals surface area contributed by atoms with Crippen LogP contribution in [0.1, 0.15) is 32.6 Å². The van der Waals surface area contributed by atoms with Gasteiger partial charge in [-0.3, -0.25) is 14.5 Å². The first kappa shape index (κ1) is 27.6. The summed E-state index contributed by atoms with van der Waals surface area (Å²) in [7, 11) is 1.54. The van der Waals surface area contributed by atoms with Gasteiger partial charge in [-0.05, 0) is 91.2 Å². The number of benzene rings is 4. The number of anilines is 2. The van der Waals surface area contributed by atoms with Gasteiger partial charge in [0.05, 0.1) is 29.8 Å². The lowest BCUT2D eigenvalue weighted by Gasteiger charge is -2.36. The SMILES string of the molecule is COc1ccc(C2=Nc3ccccc3N(C(=O)c3ccc(C(F)(F)F)cc3)C2C(=O)Nc2c(C)cccc2C)cc1. The quantitative estimate of drug-likeness (QED) is 0.284. The fraction of sp³-hybridized carbons (Fsp3) is 0.156. The highest BCUT2D eigenvalue weighted by Crippen LogP contribution is 2.38. The molecule has 1 unspecified atom stereocenters. The van der Waals surface area contributed by atoms with Gasteiger partial charge in [0.25, 0.3) is 11.8 Å². The van der Waals surface area contributed by atoms with Crippen molar-refractivity contribution in [3.8, 4) is 5.75 Å². The fourth-order valence-corrected chi connectivity index (χ4v) is 4.81. The number of rotatable bonds is 5. The van der Waals surface area contributed by atoms with Gasteiger partial charge in [-0.2, -0.15) is 13.2 Å². The van der Waals surface area contributed by atoms with E-state index in [1.807, 2.05) is 32.0 Å². The number of nitrogens with zero attached hydrogens (tertiary/aromatic N) is 2. The second-order valence-corrected chi connectivity index (χ2v) is 9.62. The molecule has 0 aliphatic carbocycles. The van der Waals surface area contributed by atoms with Crippen LogP contribution in [0.25, 0.3) is 0 Å². The average Bonchev–Trinajstić information content (AvgIpc) is 2.97. The largest absolute Gasteiger partial charge is 0.497 e. The summed E-state index contributed by atoms with van der Waals surface area (Å²) in [6, 6.07) is 22.1. The summed E-state index contributed by atoms with van der Waals surface area (Å²) in [6.45, 7) is 3.73. The van der Waals surface area contributed by atoms with Crippen LogP contribution in [0.2, 0.25) is 0 Å². The third-order valence-electron chi connectivity index (χ3n) is 6.94. The lowest BCUT2D eigenvalue weighted by atomic mass is 9.95. The first-order valence-corrected chi connectivity index (χ1v) is 12.8. The Balaban J connectivity index is 1.66. The van der Waals surface area contributed by atoms with E-state index in [9.17, 15) is 22.8 Å². The van der Waals surface area contributed by atoms with Gasteiger partial charge >= 0.3 is 6.18 Å². The lowest BCUT2D eigenvalue weighted by Crippen LogP contribution is -2.54. The number of ether oxygens (including phenoxy) is 1. The van der Waals surface area contributed by atoms with Crippen LogP contribution in [-0.2, 0) is 11.0 Å². The Morgan fingerprint density at radius 2 is 1.49 bits per heavy atom. The Morgan fingerprint density at radius 3 is 2.10 bits per heavy atom. The molecular formula is C32H26F3N3O3. The third-order valence-corrected chi connectivity index (χ3v) is 6.94. The van der Waals surface area contributed by atoms with Crippen molar-refractivity contribution in [2.75, 3.05) is 17.3 Å². The maximum Gasteiger partial charge on any atom is 0.416 e. The molecule has 0 radical (unpaired) electrons. The molecule has 5 rings (SSSR count). The number of carbonyl (C=O) groups excluding carboxylic acids is 2. The molecule has 208 valence electrons. The first-order valence-electron chi connectivity index (χ1n) is 12.8. The summed E-state index contributed by atoms with van der Waals surface area (Å²) in [5, 5.41) is 2.98. The van der Waals surface area contributed by atoms with Crippen LogP contribution in [0.3, 0.4) is 0 Å². The van der Waals surface area contributed by atoms with Crippen molar-refractivity contribution in [3.05, 3.63) is 119 Å². The molecule has 0 bridgehead atoms. The standard InChI is InChI=1S/C32H26F3N3O3/c1-19-7-6-8-20(2)27(19)37-30(39)29-28(21-13-17-24(41-3)18-14-21)36-25-9-4-5-10-26(25)38(29)31(40)22-11-15-23(16-12-22)32(33,34)35/h4-18,29H,1-3H3,(H,37,39). The molecule has 9 heteroatoms. The van der Waals surface area contributed by atoms with Gasteiger partial charge in [0, 0.05) is 11.3 Å². The molecule has 0 saturated heterocycles. The van der Waals surface area contributed by atoms with Crippen LogP contribution in [0, 0.1) is 13.8 Å². The maximum atomic E-state index is 14.2. The van der Waals surface area contributed by atoms with Gasteiger partial charge in [0.2, 0.25) is 0 Å². The van der Waals surface area contributed by atoms with Crippen molar-refractivity contribution in [1.82, 2.24) is 0 Å². The molecule has 1 aliphatic rings. The normalized spacial score (nSPS) is 14.6. The Hall–Kier alpha value is -4.92. The van der Waals surface area contributed by atoms with Crippen LogP contribution in [0.4, 0.5) is 30.2 Å². The van der Waals surface area contributed by atoms with Crippen molar-refractivity contribution in [2.24, 2.45) is 4.99 Å². The number of carbonyl (C=O) groups is 2. The number of alkyl halides is 3. The Labute approximate surface area is 235 Å². The van der Waals surface area contributed by atoms with E-state index in [1.165, 1.54) is 12.0 Å². The topological polar surface area (TPSA) is 71.0 Å². The van der Waals surface area contributed by atoms with Gasteiger partial charge in [0.15, 0.2) is 6.04 Å². The highest BCUT2D eigenvalue weighted by Gasteiger charge is 2.41. The molecule has 41 heavy (non-hydrogen) atoms. The van der Waals surface area contributed by atoms with Gasteiger partial charge in [-0.15, -0.1) is 0 Å². The highest BCUT2D eigenvalue weighted by molar-refractivity contribution is 6.28. The van der Waals surface area contributed by atoms with Gasteiger partial charge in [-0.1, -0.05) is 30.3 Å². The van der Waals surface area contributed by atoms with Crippen molar-refractivity contribution in [2.45, 2.75) is 26.1 Å². The molecule has 1 atom stereocenters. The van der Waals surface area contributed by atoms with Crippen LogP contribution < -0.4 is 15.0 Å². The molecule has 0 saturated carbocycles. The van der Waals surface area contributed by atoms with E-state index in [0.717, 1.165) is 35.4 Å². The van der Waals surface area contributed by atoms with Gasteiger partial charge in [0.1, 0.15) is 5.75 Å². The molecule has 4 aromatic rings. The monoisotopic (exact) mass is 557 g/mol. The molecule has 2 amide bonds. The van der Waals surface area contributed by atoms with Crippen molar-refractivity contribution >= 4 is 34.6 Å². The summed E-state index contributed by atoms with van der Waals surface area (Å²) < 4.78 is 45.0. The Morgan fingerprint density at radius 1 is 0.854 bits per heavy atom. The van der Waals surface area contributed by atoms with E-state index in [1.54, 1.807) is 48.5 Å². The van der Waals surface area contributed by atoms with E-state index >= 15 is 0 Å². The number of nitrogens with one attached hydrogen (secondary N) is 1. The molecule has 1 N–H and O–H groups in total. The lowest BCUT2D eigenvalue weighted by molar-refractivity contribution is -0.137. The zero-order valence-electron chi connectivity index (χ0n) is 22.5. The van der Waals surface area contributed by atoms with Crippen LogP contribution in [0.15, 0.2) is 96.0 Å². The van der Waals surface area contributed by atoms with E-state index in [4.69, 9.17) is 9.73 Å². The number of methoxy groups -OCH3 is 1. The summed E-state index contributed by atoms with van der Waals surface area (Å²) >= 11 is 0. The number of fused-ring (bicyclic) bond motifs is 1. The summed E-state index contributed by atoms with van der Waals surface area (Å²) in [4.78, 5) is 34.4. The third kappa shape index (κ3) is 5.43. The summed E-state index contributed by atoms with van der Waals surface area (Å²) in [6.07, 6.45) is -4.55. The first-order chi connectivity index (χ1) is 19.6. The molecule has 1 heterocycles. The maximum absolute atomic E-state index is 14.2. The van der Waals surface area contributed by atoms with E-state index in [2.05, 4.69) is 5.32 Å². The van der Waals surface area contributed by atoms with Crippen LogP contribution >= 0.6 is 0 Å². The molecule has 1 aliphatic heterocycles. The number of aryl methyl sites for hydroxylation is 2. The minimum atomic E-state index is -4.55. The zero-order chi connectivity index (χ0) is 29.3. The number of para-hydroxylation sites is 3. The summed E-state index contributed by atoms with van der Waals surface area (Å²) in [5.41, 5.74) is 3.06. The fourth-order valence-electron chi connectivity index (χ4n) is 4.81.